The fourth-order valence-electron chi connectivity index (χ4n) is 1.16. The van der Waals surface area contributed by atoms with Crippen LogP contribution in [0.25, 0.3) is 0 Å². The average molecular weight is 216 g/mol. The third kappa shape index (κ3) is 6.50. The van der Waals surface area contributed by atoms with E-state index in [-0.39, 0.29) is 23.4 Å². The number of hydrogen-bond acceptors (Lipinski definition) is 2. The Morgan fingerprint density at radius 3 is 2.07 bits per heavy atom. The standard InChI is InChI=1S/C12H24O3/c1-9(8-15-11(2,3)4)12(5,6)7-10(13)14/h9H,7-8H2,1-6H3,(H,13,14). The van der Waals surface area contributed by atoms with Gasteiger partial charge in [0.25, 0.3) is 0 Å². The smallest absolute Gasteiger partial charge is 0.303 e. The molecule has 0 fully saturated rings. The highest BCUT2D eigenvalue weighted by Gasteiger charge is 2.29. The maximum atomic E-state index is 10.7. The number of carbonyl (C=O) groups is 1. The monoisotopic (exact) mass is 216 g/mol. The van der Waals surface area contributed by atoms with Crippen molar-refractivity contribution >= 4 is 5.97 Å². The molecule has 0 aromatic heterocycles. The highest BCUT2D eigenvalue weighted by molar-refractivity contribution is 5.67. The fraction of sp³-hybridized carbons (Fsp3) is 0.917. The molecule has 1 unspecified atom stereocenters. The summed E-state index contributed by atoms with van der Waals surface area (Å²) in [5.41, 5.74) is -0.384. The van der Waals surface area contributed by atoms with Crippen molar-refractivity contribution in [1.82, 2.24) is 0 Å². The second-order valence-corrected chi connectivity index (χ2v) is 5.88. The number of ether oxygens (including phenoxy) is 1. The quantitative estimate of drug-likeness (QED) is 0.768. The minimum absolute atomic E-state index is 0.159. The Bertz CT molecular complexity index is 213. The van der Waals surface area contributed by atoms with Gasteiger partial charge in [0.1, 0.15) is 0 Å². The van der Waals surface area contributed by atoms with Gasteiger partial charge in [-0.25, -0.2) is 0 Å². The number of carboxylic acid groups (broad SMARTS) is 1. The van der Waals surface area contributed by atoms with Crippen molar-refractivity contribution in [2.75, 3.05) is 6.61 Å². The van der Waals surface area contributed by atoms with E-state index in [1.807, 2.05) is 41.5 Å². The lowest BCUT2D eigenvalue weighted by Crippen LogP contribution is -2.31. The molecule has 0 spiro atoms. The van der Waals surface area contributed by atoms with Crippen LogP contribution in [0.2, 0.25) is 0 Å². The second-order valence-electron chi connectivity index (χ2n) is 5.88. The van der Waals surface area contributed by atoms with Crippen LogP contribution in [0.5, 0.6) is 0 Å². The van der Waals surface area contributed by atoms with Gasteiger partial charge in [0.15, 0.2) is 0 Å². The Kier molecular flexibility index (Phi) is 4.78. The van der Waals surface area contributed by atoms with Gasteiger partial charge in [-0.3, -0.25) is 4.79 Å². The summed E-state index contributed by atoms with van der Waals surface area (Å²) in [4.78, 5) is 10.7. The Labute approximate surface area is 92.8 Å². The largest absolute Gasteiger partial charge is 0.481 e. The molecule has 3 heteroatoms. The van der Waals surface area contributed by atoms with Gasteiger partial charge < -0.3 is 9.84 Å². The molecule has 0 aliphatic carbocycles. The van der Waals surface area contributed by atoms with Crippen LogP contribution in [0.4, 0.5) is 0 Å². The Morgan fingerprint density at radius 2 is 1.73 bits per heavy atom. The Balaban J connectivity index is 4.19. The molecular formula is C12H24O3. The van der Waals surface area contributed by atoms with E-state index in [0.29, 0.717) is 6.61 Å². The summed E-state index contributed by atoms with van der Waals surface area (Å²) in [5.74, 6) is -0.518. The average Bonchev–Trinajstić information content (AvgIpc) is 1.95. The van der Waals surface area contributed by atoms with Gasteiger partial charge >= 0.3 is 5.97 Å². The Hall–Kier alpha value is -0.570. The molecule has 0 saturated carbocycles. The lowest BCUT2D eigenvalue weighted by atomic mass is 9.77. The van der Waals surface area contributed by atoms with E-state index in [4.69, 9.17) is 9.84 Å². The molecule has 0 aromatic rings. The molecule has 3 nitrogen and oxygen atoms in total. The van der Waals surface area contributed by atoms with Crippen LogP contribution in [0.3, 0.4) is 0 Å². The van der Waals surface area contributed by atoms with Gasteiger partial charge in [-0.1, -0.05) is 20.8 Å². The fourth-order valence-corrected chi connectivity index (χ4v) is 1.16. The minimum Gasteiger partial charge on any atom is -0.481 e. The summed E-state index contributed by atoms with van der Waals surface area (Å²) in [6.07, 6.45) is 0.182. The van der Waals surface area contributed by atoms with Gasteiger partial charge in [0.05, 0.1) is 18.6 Å². The lowest BCUT2D eigenvalue weighted by Gasteiger charge is -2.32. The van der Waals surface area contributed by atoms with E-state index < -0.39 is 5.97 Å². The van der Waals surface area contributed by atoms with Gasteiger partial charge in [0, 0.05) is 0 Å². The summed E-state index contributed by atoms with van der Waals surface area (Å²) in [6.45, 7) is 12.6. The summed E-state index contributed by atoms with van der Waals surface area (Å²) in [5, 5.41) is 8.79. The first kappa shape index (κ1) is 14.4. The van der Waals surface area contributed by atoms with Crippen LogP contribution in [0.15, 0.2) is 0 Å². The van der Waals surface area contributed by atoms with Crippen LogP contribution in [-0.2, 0) is 9.53 Å². The molecule has 0 radical (unpaired) electrons. The number of rotatable bonds is 5. The first-order chi connectivity index (χ1) is 6.54. The predicted octanol–water partition coefficient (Wildman–Crippen LogP) is 2.94. The number of hydrogen-bond donors (Lipinski definition) is 1. The van der Waals surface area contributed by atoms with Crippen molar-refractivity contribution < 1.29 is 14.6 Å². The first-order valence-corrected chi connectivity index (χ1v) is 5.40. The summed E-state index contributed by atoms with van der Waals surface area (Å²) in [7, 11) is 0. The molecule has 0 aliphatic rings. The van der Waals surface area contributed by atoms with Crippen molar-refractivity contribution in [2.24, 2.45) is 11.3 Å². The van der Waals surface area contributed by atoms with Crippen LogP contribution < -0.4 is 0 Å². The third-order valence-corrected chi connectivity index (χ3v) is 2.71. The van der Waals surface area contributed by atoms with Crippen molar-refractivity contribution in [2.45, 2.75) is 53.6 Å². The highest BCUT2D eigenvalue weighted by atomic mass is 16.5. The summed E-state index contributed by atoms with van der Waals surface area (Å²) >= 11 is 0. The molecule has 0 aromatic carbocycles. The third-order valence-electron chi connectivity index (χ3n) is 2.71. The van der Waals surface area contributed by atoms with Crippen LogP contribution in [-0.4, -0.2) is 23.3 Å². The van der Waals surface area contributed by atoms with Crippen molar-refractivity contribution in [3.05, 3.63) is 0 Å². The minimum atomic E-state index is -0.748. The van der Waals surface area contributed by atoms with E-state index in [9.17, 15) is 4.79 Å². The van der Waals surface area contributed by atoms with Crippen LogP contribution >= 0.6 is 0 Å². The number of aliphatic carboxylic acids is 1. The SMILES string of the molecule is CC(COC(C)(C)C)C(C)(C)CC(=O)O. The molecule has 0 saturated heterocycles. The molecule has 0 amide bonds. The van der Waals surface area contributed by atoms with Gasteiger partial charge in [-0.05, 0) is 32.1 Å². The first-order valence-electron chi connectivity index (χ1n) is 5.40. The normalized spacial score (nSPS) is 15.1. The highest BCUT2D eigenvalue weighted by Crippen LogP contribution is 2.31. The lowest BCUT2D eigenvalue weighted by molar-refractivity contribution is -0.140. The second kappa shape index (κ2) is 4.97. The number of carboxylic acids is 1. The van der Waals surface area contributed by atoms with Crippen LogP contribution in [0.1, 0.15) is 48.0 Å². The van der Waals surface area contributed by atoms with Gasteiger partial charge in [-0.2, -0.15) is 0 Å². The summed E-state index contributed by atoms with van der Waals surface area (Å²) in [6, 6.07) is 0. The zero-order chi connectivity index (χ0) is 12.3. The molecule has 1 N–H and O–H groups in total. The topological polar surface area (TPSA) is 46.5 Å². The molecule has 0 aliphatic heterocycles. The van der Waals surface area contributed by atoms with Crippen LogP contribution in [0, 0.1) is 11.3 Å². The maximum absolute atomic E-state index is 10.7. The summed E-state index contributed by atoms with van der Waals surface area (Å²) < 4.78 is 5.67. The predicted molar refractivity (Wildman–Crippen MR) is 60.9 cm³/mol. The zero-order valence-corrected chi connectivity index (χ0v) is 10.8. The molecule has 0 bridgehead atoms. The molecule has 90 valence electrons. The molecule has 1 atom stereocenters. The van der Waals surface area contributed by atoms with Crippen molar-refractivity contribution in [3.8, 4) is 0 Å². The van der Waals surface area contributed by atoms with E-state index in [1.165, 1.54) is 0 Å². The van der Waals surface area contributed by atoms with Gasteiger partial charge in [-0.15, -0.1) is 0 Å². The maximum Gasteiger partial charge on any atom is 0.303 e. The molecule has 15 heavy (non-hydrogen) atoms. The van der Waals surface area contributed by atoms with Gasteiger partial charge in [0.2, 0.25) is 0 Å². The molecule has 0 heterocycles. The molecular weight excluding hydrogens is 192 g/mol. The van der Waals surface area contributed by atoms with E-state index in [0.717, 1.165) is 0 Å². The van der Waals surface area contributed by atoms with Crippen molar-refractivity contribution in [1.29, 1.82) is 0 Å². The van der Waals surface area contributed by atoms with E-state index >= 15 is 0 Å². The Morgan fingerprint density at radius 1 is 1.27 bits per heavy atom. The van der Waals surface area contributed by atoms with Crippen molar-refractivity contribution in [3.63, 3.8) is 0 Å². The van der Waals surface area contributed by atoms with E-state index in [2.05, 4.69) is 0 Å². The zero-order valence-electron chi connectivity index (χ0n) is 10.8. The molecule has 0 rings (SSSR count). The van der Waals surface area contributed by atoms with E-state index in [1.54, 1.807) is 0 Å².